The Morgan fingerprint density at radius 2 is 2.28 bits per heavy atom. The second-order valence-electron chi connectivity index (χ2n) is 6.19. The lowest BCUT2D eigenvalue weighted by Gasteiger charge is -2.34. The van der Waals surface area contributed by atoms with Crippen molar-refractivity contribution >= 4 is 0 Å². The van der Waals surface area contributed by atoms with Gasteiger partial charge in [0.15, 0.2) is 0 Å². The fourth-order valence-corrected chi connectivity index (χ4v) is 2.93. The highest BCUT2D eigenvalue weighted by atomic mass is 16.5. The van der Waals surface area contributed by atoms with Gasteiger partial charge in [-0.3, -0.25) is 0 Å². The Hall–Kier alpha value is -0.800. The van der Waals surface area contributed by atoms with Crippen LogP contribution in [0.3, 0.4) is 0 Å². The number of ether oxygens (including phenoxy) is 1. The number of hydrogen-bond donors (Lipinski definition) is 1. The molecule has 0 saturated carbocycles. The van der Waals surface area contributed by atoms with Gasteiger partial charge in [-0.2, -0.15) is 0 Å². The molecule has 18 heavy (non-hydrogen) atoms. The Labute approximate surface area is 110 Å². The molecule has 0 spiro atoms. The van der Waals surface area contributed by atoms with Crippen LogP contribution in [0.5, 0.6) is 0 Å². The molecule has 2 rings (SSSR count). The van der Waals surface area contributed by atoms with E-state index in [2.05, 4.69) is 37.6 Å². The maximum Gasteiger partial charge on any atom is 0.0812 e. The molecule has 3 heteroatoms. The monoisotopic (exact) mass is 251 g/mol. The van der Waals surface area contributed by atoms with Gasteiger partial charge in [0.2, 0.25) is 0 Å². The predicted molar refractivity (Wildman–Crippen MR) is 72.7 cm³/mol. The van der Waals surface area contributed by atoms with Gasteiger partial charge in [-0.1, -0.05) is 13.8 Å². The predicted octanol–water partition coefficient (Wildman–Crippen LogP) is 3.09. The maximum absolute atomic E-state index is 10.2. The van der Waals surface area contributed by atoms with Gasteiger partial charge in [0, 0.05) is 24.1 Å². The fraction of sp³-hybridized carbons (Fsp3) is 0.733. The molecule has 1 aromatic rings. The number of aliphatic hydroxyl groups is 1. The minimum absolute atomic E-state index is 0.174. The lowest BCUT2D eigenvalue weighted by molar-refractivity contribution is 0.0928. The SMILES string of the molecule is CCOCC(C)n1ccc2c1CC(C)(C)CC2O. The quantitative estimate of drug-likeness (QED) is 0.892. The topological polar surface area (TPSA) is 34.4 Å². The molecule has 1 aromatic heterocycles. The number of fused-ring (bicyclic) bond motifs is 1. The van der Waals surface area contributed by atoms with Crippen LogP contribution in [0.15, 0.2) is 12.3 Å². The molecule has 2 atom stereocenters. The molecule has 102 valence electrons. The molecular formula is C15H25NO2. The van der Waals surface area contributed by atoms with Crippen molar-refractivity contribution < 1.29 is 9.84 Å². The van der Waals surface area contributed by atoms with Gasteiger partial charge in [-0.15, -0.1) is 0 Å². The Morgan fingerprint density at radius 1 is 1.56 bits per heavy atom. The fourth-order valence-electron chi connectivity index (χ4n) is 2.93. The second kappa shape index (κ2) is 5.06. The van der Waals surface area contributed by atoms with Crippen LogP contribution in [0.2, 0.25) is 0 Å². The van der Waals surface area contributed by atoms with E-state index in [1.165, 1.54) is 5.69 Å². The van der Waals surface area contributed by atoms with Crippen molar-refractivity contribution in [2.45, 2.75) is 52.7 Å². The highest BCUT2D eigenvalue weighted by molar-refractivity contribution is 5.29. The van der Waals surface area contributed by atoms with Crippen LogP contribution in [0.1, 0.15) is 57.5 Å². The van der Waals surface area contributed by atoms with E-state index in [4.69, 9.17) is 4.74 Å². The molecule has 1 aliphatic carbocycles. The first-order valence-corrected chi connectivity index (χ1v) is 6.90. The van der Waals surface area contributed by atoms with E-state index in [1.54, 1.807) is 0 Å². The second-order valence-corrected chi connectivity index (χ2v) is 6.19. The summed E-state index contributed by atoms with van der Waals surface area (Å²) in [4.78, 5) is 0. The van der Waals surface area contributed by atoms with E-state index < -0.39 is 0 Å². The molecule has 0 fully saturated rings. The van der Waals surface area contributed by atoms with Crippen molar-refractivity contribution in [3.63, 3.8) is 0 Å². The van der Waals surface area contributed by atoms with Crippen molar-refractivity contribution in [1.29, 1.82) is 0 Å². The van der Waals surface area contributed by atoms with Gasteiger partial charge >= 0.3 is 0 Å². The van der Waals surface area contributed by atoms with E-state index in [0.717, 1.165) is 31.6 Å². The molecule has 1 heterocycles. The van der Waals surface area contributed by atoms with E-state index in [1.807, 2.05) is 6.92 Å². The summed E-state index contributed by atoms with van der Waals surface area (Å²) in [7, 11) is 0. The van der Waals surface area contributed by atoms with Crippen molar-refractivity contribution in [1.82, 2.24) is 4.57 Å². The number of nitrogens with zero attached hydrogens (tertiary/aromatic N) is 1. The number of hydrogen-bond acceptors (Lipinski definition) is 2. The Bertz CT molecular complexity index is 409. The maximum atomic E-state index is 10.2. The van der Waals surface area contributed by atoms with Crippen molar-refractivity contribution in [2.75, 3.05) is 13.2 Å². The average molecular weight is 251 g/mol. The molecule has 0 amide bonds. The summed E-state index contributed by atoms with van der Waals surface area (Å²) in [6.07, 6.45) is 3.66. The van der Waals surface area contributed by atoms with Crippen LogP contribution >= 0.6 is 0 Å². The zero-order chi connectivity index (χ0) is 13.3. The third-order valence-corrected chi connectivity index (χ3v) is 3.85. The first-order chi connectivity index (χ1) is 8.44. The molecule has 1 N–H and O–H groups in total. The Balaban J connectivity index is 2.25. The summed E-state index contributed by atoms with van der Waals surface area (Å²) in [5.74, 6) is 0. The molecule has 0 saturated heterocycles. The van der Waals surface area contributed by atoms with Crippen LogP contribution in [-0.4, -0.2) is 22.9 Å². The summed E-state index contributed by atoms with van der Waals surface area (Å²) in [6, 6.07) is 2.40. The lowest BCUT2D eigenvalue weighted by Crippen LogP contribution is -2.28. The summed E-state index contributed by atoms with van der Waals surface area (Å²) in [6.45, 7) is 10.1. The normalized spacial score (nSPS) is 23.7. The summed E-state index contributed by atoms with van der Waals surface area (Å²) in [5, 5.41) is 10.2. The molecule has 3 nitrogen and oxygen atoms in total. The number of aliphatic hydroxyl groups excluding tert-OH is 1. The Morgan fingerprint density at radius 3 is 2.94 bits per heavy atom. The van der Waals surface area contributed by atoms with Crippen LogP contribution in [-0.2, 0) is 11.2 Å². The van der Waals surface area contributed by atoms with E-state index in [0.29, 0.717) is 6.04 Å². The first-order valence-electron chi connectivity index (χ1n) is 6.90. The number of rotatable bonds is 4. The van der Waals surface area contributed by atoms with Crippen LogP contribution in [0, 0.1) is 5.41 Å². The zero-order valence-electron chi connectivity index (χ0n) is 11.9. The van der Waals surface area contributed by atoms with Gasteiger partial charge in [0.1, 0.15) is 0 Å². The standard InChI is InChI=1S/C15H25NO2/c1-5-18-10-11(2)16-7-6-12-13(16)8-15(3,4)9-14(12)17/h6-7,11,14,17H,5,8-10H2,1-4H3. The third-order valence-electron chi connectivity index (χ3n) is 3.85. The van der Waals surface area contributed by atoms with Crippen molar-refractivity contribution in [3.8, 4) is 0 Å². The van der Waals surface area contributed by atoms with Crippen molar-refractivity contribution in [2.24, 2.45) is 5.41 Å². The van der Waals surface area contributed by atoms with Crippen molar-refractivity contribution in [3.05, 3.63) is 23.5 Å². The van der Waals surface area contributed by atoms with Gasteiger partial charge < -0.3 is 14.4 Å². The first kappa shape index (κ1) is 13.6. The summed E-state index contributed by atoms with van der Waals surface area (Å²) in [5.41, 5.74) is 2.57. The minimum Gasteiger partial charge on any atom is -0.388 e. The van der Waals surface area contributed by atoms with Crippen LogP contribution < -0.4 is 0 Å². The largest absolute Gasteiger partial charge is 0.388 e. The average Bonchev–Trinajstić information content (AvgIpc) is 2.68. The van der Waals surface area contributed by atoms with Gasteiger partial charge in [-0.25, -0.2) is 0 Å². The molecule has 0 radical (unpaired) electrons. The van der Waals surface area contributed by atoms with Crippen LogP contribution in [0.4, 0.5) is 0 Å². The molecule has 0 aliphatic heterocycles. The number of aromatic nitrogens is 1. The van der Waals surface area contributed by atoms with Crippen LogP contribution in [0.25, 0.3) is 0 Å². The van der Waals surface area contributed by atoms with E-state index in [9.17, 15) is 5.11 Å². The van der Waals surface area contributed by atoms with Gasteiger partial charge in [0.25, 0.3) is 0 Å². The third kappa shape index (κ3) is 2.62. The van der Waals surface area contributed by atoms with Gasteiger partial charge in [0.05, 0.1) is 18.8 Å². The lowest BCUT2D eigenvalue weighted by atomic mass is 9.75. The molecule has 2 unspecified atom stereocenters. The zero-order valence-corrected chi connectivity index (χ0v) is 11.9. The molecule has 0 aromatic carbocycles. The molecule has 0 bridgehead atoms. The van der Waals surface area contributed by atoms with E-state index >= 15 is 0 Å². The van der Waals surface area contributed by atoms with E-state index in [-0.39, 0.29) is 11.5 Å². The van der Waals surface area contributed by atoms with Gasteiger partial charge in [-0.05, 0) is 38.2 Å². The molecule has 1 aliphatic rings. The Kier molecular flexibility index (Phi) is 3.83. The highest BCUT2D eigenvalue weighted by Gasteiger charge is 2.33. The summed E-state index contributed by atoms with van der Waals surface area (Å²) < 4.78 is 7.78. The smallest absolute Gasteiger partial charge is 0.0812 e. The molecular weight excluding hydrogens is 226 g/mol. The highest BCUT2D eigenvalue weighted by Crippen LogP contribution is 2.41. The summed E-state index contributed by atoms with van der Waals surface area (Å²) >= 11 is 0. The minimum atomic E-state index is -0.315.